The standard InChI is InChI=1S/C11H10ClN3O2S2/c1-5-3-6(2)13-10(8(5)11(16)17)18-4-7-9(12)19-15-14-7/h3H,4H2,1-2H3,(H,16,17). The molecule has 0 fully saturated rings. The van der Waals surface area contributed by atoms with Gasteiger partial charge in [0.25, 0.3) is 0 Å². The van der Waals surface area contributed by atoms with E-state index in [9.17, 15) is 9.90 Å². The molecule has 0 saturated carbocycles. The second kappa shape index (κ2) is 5.85. The van der Waals surface area contributed by atoms with Gasteiger partial charge in [-0.2, -0.15) is 0 Å². The Labute approximate surface area is 123 Å². The van der Waals surface area contributed by atoms with E-state index in [2.05, 4.69) is 14.6 Å². The zero-order valence-electron chi connectivity index (χ0n) is 10.2. The number of pyridine rings is 1. The van der Waals surface area contributed by atoms with E-state index in [1.807, 2.05) is 6.92 Å². The number of thioether (sulfide) groups is 1. The predicted molar refractivity (Wildman–Crippen MR) is 75.2 cm³/mol. The first-order valence-corrected chi connectivity index (χ1v) is 7.43. The molecule has 2 heterocycles. The molecule has 0 unspecified atom stereocenters. The summed E-state index contributed by atoms with van der Waals surface area (Å²) in [5.74, 6) is -0.527. The van der Waals surface area contributed by atoms with Crippen LogP contribution in [0.3, 0.4) is 0 Å². The quantitative estimate of drug-likeness (QED) is 0.873. The van der Waals surface area contributed by atoms with Gasteiger partial charge < -0.3 is 5.11 Å². The van der Waals surface area contributed by atoms with Gasteiger partial charge >= 0.3 is 5.97 Å². The first kappa shape index (κ1) is 14.2. The third-order valence-electron chi connectivity index (χ3n) is 2.38. The minimum absolute atomic E-state index is 0.231. The first-order valence-electron chi connectivity index (χ1n) is 5.30. The van der Waals surface area contributed by atoms with Crippen LogP contribution in [0.25, 0.3) is 0 Å². The normalized spacial score (nSPS) is 10.7. The van der Waals surface area contributed by atoms with Gasteiger partial charge in [-0.25, -0.2) is 9.78 Å². The van der Waals surface area contributed by atoms with Crippen LogP contribution in [0, 0.1) is 13.8 Å². The zero-order chi connectivity index (χ0) is 14.0. The molecule has 0 atom stereocenters. The molecule has 0 aromatic carbocycles. The van der Waals surface area contributed by atoms with Crippen molar-refractivity contribution < 1.29 is 9.90 Å². The fourth-order valence-corrected chi connectivity index (χ4v) is 3.46. The number of aromatic carboxylic acids is 1. The summed E-state index contributed by atoms with van der Waals surface area (Å²) in [6.45, 7) is 3.60. The van der Waals surface area contributed by atoms with Gasteiger partial charge in [-0.15, -0.1) is 5.10 Å². The smallest absolute Gasteiger partial charge is 0.338 e. The van der Waals surface area contributed by atoms with Crippen molar-refractivity contribution in [1.82, 2.24) is 14.6 Å². The van der Waals surface area contributed by atoms with Gasteiger partial charge in [0.1, 0.15) is 15.1 Å². The molecule has 0 amide bonds. The van der Waals surface area contributed by atoms with E-state index >= 15 is 0 Å². The number of halogens is 1. The number of carbonyl (C=O) groups is 1. The van der Waals surface area contributed by atoms with Crippen molar-refractivity contribution in [2.75, 3.05) is 0 Å². The van der Waals surface area contributed by atoms with E-state index in [1.165, 1.54) is 11.8 Å². The van der Waals surface area contributed by atoms with E-state index in [4.69, 9.17) is 11.6 Å². The molecule has 5 nitrogen and oxygen atoms in total. The Morgan fingerprint density at radius 2 is 2.26 bits per heavy atom. The number of nitrogens with zero attached hydrogens (tertiary/aromatic N) is 3. The predicted octanol–water partition coefficient (Wildman–Crippen LogP) is 3.19. The van der Waals surface area contributed by atoms with Crippen LogP contribution in [0.15, 0.2) is 11.1 Å². The van der Waals surface area contributed by atoms with Crippen LogP contribution >= 0.6 is 34.9 Å². The highest BCUT2D eigenvalue weighted by molar-refractivity contribution is 7.98. The third-order valence-corrected chi connectivity index (χ3v) is 4.35. The Hall–Kier alpha value is -1.18. The molecule has 0 aliphatic heterocycles. The van der Waals surface area contributed by atoms with Gasteiger partial charge in [-0.05, 0) is 25.5 Å². The summed E-state index contributed by atoms with van der Waals surface area (Å²) in [7, 11) is 0. The maximum atomic E-state index is 11.3. The number of hydrogen-bond acceptors (Lipinski definition) is 6. The molecule has 0 spiro atoms. The van der Waals surface area contributed by atoms with Gasteiger partial charge in [0.2, 0.25) is 0 Å². The van der Waals surface area contributed by atoms with Crippen LogP contribution in [-0.4, -0.2) is 25.6 Å². The van der Waals surface area contributed by atoms with Gasteiger partial charge in [0.05, 0.1) is 5.56 Å². The maximum absolute atomic E-state index is 11.3. The average Bonchev–Trinajstić information content (AvgIpc) is 2.70. The van der Waals surface area contributed by atoms with Gasteiger partial charge in [-0.1, -0.05) is 27.9 Å². The molecule has 100 valence electrons. The first-order chi connectivity index (χ1) is 8.99. The summed E-state index contributed by atoms with van der Waals surface area (Å²) in [4.78, 5) is 15.6. The number of rotatable bonds is 4. The Balaban J connectivity index is 2.29. The number of carboxylic acid groups (broad SMARTS) is 1. The zero-order valence-corrected chi connectivity index (χ0v) is 12.6. The summed E-state index contributed by atoms with van der Waals surface area (Å²) in [5.41, 5.74) is 2.36. The van der Waals surface area contributed by atoms with E-state index in [-0.39, 0.29) is 5.56 Å². The van der Waals surface area contributed by atoms with Gasteiger partial charge in [-0.3, -0.25) is 0 Å². The fraction of sp³-hybridized carbons (Fsp3) is 0.273. The van der Waals surface area contributed by atoms with Crippen molar-refractivity contribution >= 4 is 40.9 Å². The van der Waals surface area contributed by atoms with Crippen LogP contribution in [0.1, 0.15) is 27.3 Å². The molecule has 1 N–H and O–H groups in total. The molecule has 2 aromatic rings. The molecular formula is C11H10ClN3O2S2. The second-order valence-electron chi connectivity index (χ2n) is 3.85. The van der Waals surface area contributed by atoms with Crippen LogP contribution in [0.5, 0.6) is 0 Å². The summed E-state index contributed by atoms with van der Waals surface area (Å²) in [5, 5.41) is 13.6. The van der Waals surface area contributed by atoms with E-state index in [0.717, 1.165) is 17.2 Å². The molecule has 0 aliphatic carbocycles. The third kappa shape index (κ3) is 3.23. The van der Waals surface area contributed by atoms with E-state index in [1.54, 1.807) is 13.0 Å². The average molecular weight is 316 g/mol. The molecule has 0 bridgehead atoms. The van der Waals surface area contributed by atoms with Crippen LogP contribution in [0.2, 0.25) is 4.34 Å². The lowest BCUT2D eigenvalue weighted by molar-refractivity contribution is 0.0691. The van der Waals surface area contributed by atoms with Gasteiger partial charge in [0, 0.05) is 23.0 Å². The van der Waals surface area contributed by atoms with Gasteiger partial charge in [0.15, 0.2) is 0 Å². The minimum atomic E-state index is -0.977. The lowest BCUT2D eigenvalue weighted by Gasteiger charge is -2.08. The largest absolute Gasteiger partial charge is 0.478 e. The van der Waals surface area contributed by atoms with Crippen molar-refractivity contribution in [3.63, 3.8) is 0 Å². The second-order valence-corrected chi connectivity index (χ2v) is 6.17. The number of carboxylic acids is 1. The summed E-state index contributed by atoms with van der Waals surface area (Å²) >= 11 is 8.33. The molecule has 19 heavy (non-hydrogen) atoms. The minimum Gasteiger partial charge on any atom is -0.478 e. The Bertz CT molecular complexity index is 630. The van der Waals surface area contributed by atoms with Crippen LogP contribution < -0.4 is 0 Å². The van der Waals surface area contributed by atoms with Crippen molar-refractivity contribution in [1.29, 1.82) is 0 Å². The lowest BCUT2D eigenvalue weighted by Crippen LogP contribution is -2.05. The topological polar surface area (TPSA) is 76.0 Å². The SMILES string of the molecule is Cc1cc(C)c(C(=O)O)c(SCc2nnsc2Cl)n1. The van der Waals surface area contributed by atoms with Crippen molar-refractivity contribution in [2.45, 2.75) is 24.6 Å². The highest BCUT2D eigenvalue weighted by Gasteiger charge is 2.17. The molecular weight excluding hydrogens is 306 g/mol. The molecule has 2 aromatic heterocycles. The molecule has 0 aliphatic rings. The monoisotopic (exact) mass is 315 g/mol. The molecule has 2 rings (SSSR count). The van der Waals surface area contributed by atoms with Crippen molar-refractivity contribution in [2.24, 2.45) is 0 Å². The van der Waals surface area contributed by atoms with E-state index < -0.39 is 5.97 Å². The van der Waals surface area contributed by atoms with Crippen LogP contribution in [-0.2, 0) is 5.75 Å². The summed E-state index contributed by atoms with van der Waals surface area (Å²) < 4.78 is 4.26. The summed E-state index contributed by atoms with van der Waals surface area (Å²) in [6, 6.07) is 1.75. The molecule has 0 saturated heterocycles. The van der Waals surface area contributed by atoms with Crippen LogP contribution in [0.4, 0.5) is 0 Å². The molecule has 8 heteroatoms. The highest BCUT2D eigenvalue weighted by Crippen LogP contribution is 2.29. The van der Waals surface area contributed by atoms with Crippen molar-refractivity contribution in [3.05, 3.63) is 32.9 Å². The summed E-state index contributed by atoms with van der Waals surface area (Å²) in [6.07, 6.45) is 0. The Morgan fingerprint density at radius 3 is 2.84 bits per heavy atom. The highest BCUT2D eigenvalue weighted by atomic mass is 35.5. The fourth-order valence-electron chi connectivity index (χ4n) is 1.59. The Morgan fingerprint density at radius 1 is 1.53 bits per heavy atom. The lowest BCUT2D eigenvalue weighted by atomic mass is 10.1. The Kier molecular flexibility index (Phi) is 4.38. The number of aromatic nitrogens is 3. The van der Waals surface area contributed by atoms with Crippen molar-refractivity contribution in [3.8, 4) is 0 Å². The maximum Gasteiger partial charge on any atom is 0.338 e. The van der Waals surface area contributed by atoms with E-state index in [0.29, 0.717) is 26.4 Å². The molecule has 0 radical (unpaired) electrons. The number of hydrogen-bond donors (Lipinski definition) is 1. The number of aryl methyl sites for hydroxylation is 2.